The zero-order chi connectivity index (χ0) is 15.3. The van der Waals surface area contributed by atoms with E-state index >= 15 is 0 Å². The van der Waals surface area contributed by atoms with E-state index in [0.29, 0.717) is 6.04 Å². The van der Waals surface area contributed by atoms with Crippen LogP contribution in [0.3, 0.4) is 0 Å². The van der Waals surface area contributed by atoms with Gasteiger partial charge in [0.1, 0.15) is 0 Å². The molecule has 2 unspecified atom stereocenters. The van der Waals surface area contributed by atoms with Crippen molar-refractivity contribution < 1.29 is 19.8 Å². The summed E-state index contributed by atoms with van der Waals surface area (Å²) in [5.41, 5.74) is 1.35. The summed E-state index contributed by atoms with van der Waals surface area (Å²) in [4.78, 5) is 24.8. The number of rotatable bonds is 1. The van der Waals surface area contributed by atoms with E-state index in [0.717, 1.165) is 11.8 Å². The van der Waals surface area contributed by atoms with Gasteiger partial charge in [0.15, 0.2) is 0 Å². The molecule has 0 radical (unpaired) electrons. The van der Waals surface area contributed by atoms with Crippen LogP contribution in [0.25, 0.3) is 0 Å². The molecule has 6 nitrogen and oxygen atoms in total. The first-order valence-corrected chi connectivity index (χ1v) is 6.41. The maximum atomic E-state index is 9.10. The minimum Gasteiger partial charge on any atom is -0.473 e. The van der Waals surface area contributed by atoms with E-state index in [9.17, 15) is 0 Å². The van der Waals surface area contributed by atoms with Crippen LogP contribution in [0.5, 0.6) is 0 Å². The topological polar surface area (TPSA) is 90.7 Å². The number of carboxylic acids is 2. The Morgan fingerprint density at radius 1 is 1.30 bits per heavy atom. The predicted octanol–water partition coefficient (Wildman–Crippen LogP) is 1.50. The Kier molecular flexibility index (Phi) is 5.64. The average Bonchev–Trinajstić information content (AvgIpc) is 2.65. The Labute approximate surface area is 118 Å². The minimum atomic E-state index is -1.82. The number of nitrogens with zero attached hydrogens (tertiary/aromatic N) is 2. The summed E-state index contributed by atoms with van der Waals surface area (Å²) in [7, 11) is 2.21. The van der Waals surface area contributed by atoms with Crippen LogP contribution in [-0.2, 0) is 9.59 Å². The first-order chi connectivity index (χ1) is 9.34. The number of pyridine rings is 1. The van der Waals surface area contributed by atoms with Gasteiger partial charge in [0.25, 0.3) is 0 Å². The quantitative estimate of drug-likeness (QED) is 0.757. The molecule has 0 aliphatic carbocycles. The largest absolute Gasteiger partial charge is 0.473 e. The molecule has 20 heavy (non-hydrogen) atoms. The molecule has 0 bridgehead atoms. The van der Waals surface area contributed by atoms with Gasteiger partial charge < -0.3 is 10.2 Å². The summed E-state index contributed by atoms with van der Waals surface area (Å²) in [5.74, 6) is -2.14. The molecule has 1 aliphatic heterocycles. The van der Waals surface area contributed by atoms with E-state index in [1.807, 2.05) is 18.5 Å². The lowest BCUT2D eigenvalue weighted by molar-refractivity contribution is -0.159. The van der Waals surface area contributed by atoms with Crippen LogP contribution in [0.1, 0.15) is 25.5 Å². The van der Waals surface area contributed by atoms with Crippen molar-refractivity contribution in [1.29, 1.82) is 0 Å². The molecule has 1 aromatic rings. The van der Waals surface area contributed by atoms with Crippen molar-refractivity contribution in [3.63, 3.8) is 0 Å². The number of aliphatic carboxylic acids is 2. The smallest absolute Gasteiger partial charge is 0.414 e. The molecule has 0 saturated carbocycles. The molecule has 3 atom stereocenters. The van der Waals surface area contributed by atoms with Gasteiger partial charge in [0, 0.05) is 25.0 Å². The molecule has 6 heteroatoms. The number of likely N-dealkylation sites (tertiary alicyclic amines) is 1. The Bertz CT molecular complexity index is 452. The van der Waals surface area contributed by atoms with Gasteiger partial charge in [0.05, 0.1) is 0 Å². The molecule has 2 rings (SSSR count). The molecule has 1 fully saturated rings. The van der Waals surface area contributed by atoms with Gasteiger partial charge in [-0.05, 0) is 30.5 Å². The number of hydrogen-bond donors (Lipinski definition) is 2. The Morgan fingerprint density at radius 3 is 2.25 bits per heavy atom. The third kappa shape index (κ3) is 4.03. The van der Waals surface area contributed by atoms with Crippen LogP contribution in [0.15, 0.2) is 24.5 Å². The third-order valence-electron chi connectivity index (χ3n) is 3.66. The van der Waals surface area contributed by atoms with Gasteiger partial charge >= 0.3 is 11.9 Å². The van der Waals surface area contributed by atoms with Gasteiger partial charge in [-0.25, -0.2) is 9.59 Å². The normalized spacial score (nSPS) is 25.6. The van der Waals surface area contributed by atoms with Gasteiger partial charge in [-0.3, -0.25) is 9.88 Å². The number of hydrogen-bond acceptors (Lipinski definition) is 4. The van der Waals surface area contributed by atoms with Crippen LogP contribution < -0.4 is 0 Å². The van der Waals surface area contributed by atoms with Gasteiger partial charge in [-0.1, -0.05) is 19.9 Å². The van der Waals surface area contributed by atoms with E-state index in [-0.39, 0.29) is 0 Å². The zero-order valence-electron chi connectivity index (χ0n) is 11.9. The molecule has 1 saturated heterocycles. The molecule has 2 heterocycles. The summed E-state index contributed by atoms with van der Waals surface area (Å²) in [6.07, 6.45) is 3.84. The highest BCUT2D eigenvalue weighted by molar-refractivity contribution is 6.27. The standard InChI is InChI=1S/C12H18N2.C2H2O4/c1-9-8-14(3)12(10(9)2)11-5-4-6-13-7-11;3-1(4)2(5)6/h4-7,9-10,12H,8H2,1-3H3;(H,3,4)(H,5,6)/t9?,10?,12-;/m0./s1. The van der Waals surface area contributed by atoms with Crippen molar-refractivity contribution in [2.45, 2.75) is 19.9 Å². The van der Waals surface area contributed by atoms with Gasteiger partial charge in [-0.2, -0.15) is 0 Å². The van der Waals surface area contributed by atoms with E-state index in [1.165, 1.54) is 12.1 Å². The van der Waals surface area contributed by atoms with Crippen LogP contribution in [0, 0.1) is 11.8 Å². The van der Waals surface area contributed by atoms with Crippen molar-refractivity contribution in [3.8, 4) is 0 Å². The third-order valence-corrected chi connectivity index (χ3v) is 3.66. The second-order valence-electron chi connectivity index (χ2n) is 5.12. The summed E-state index contributed by atoms with van der Waals surface area (Å²) < 4.78 is 0. The Hall–Kier alpha value is -1.95. The SMILES string of the molecule is CC1CN(C)[C@H](c2cccnc2)C1C.O=C(O)C(=O)O. The Balaban J connectivity index is 0.000000286. The maximum Gasteiger partial charge on any atom is 0.414 e. The van der Waals surface area contributed by atoms with Gasteiger partial charge in [-0.15, -0.1) is 0 Å². The predicted molar refractivity (Wildman–Crippen MR) is 73.2 cm³/mol. The number of carbonyl (C=O) groups is 2. The molecular formula is C14H20N2O4. The first-order valence-electron chi connectivity index (χ1n) is 6.41. The summed E-state index contributed by atoms with van der Waals surface area (Å²) in [6.45, 7) is 5.87. The van der Waals surface area contributed by atoms with E-state index in [2.05, 4.69) is 36.8 Å². The second-order valence-corrected chi connectivity index (χ2v) is 5.12. The van der Waals surface area contributed by atoms with Crippen molar-refractivity contribution in [1.82, 2.24) is 9.88 Å². The molecule has 2 N–H and O–H groups in total. The van der Waals surface area contributed by atoms with Crippen molar-refractivity contribution in [3.05, 3.63) is 30.1 Å². The molecule has 0 spiro atoms. The molecule has 0 aromatic carbocycles. The van der Waals surface area contributed by atoms with Crippen molar-refractivity contribution in [2.24, 2.45) is 11.8 Å². The van der Waals surface area contributed by atoms with E-state index in [1.54, 1.807) is 0 Å². The van der Waals surface area contributed by atoms with Crippen LogP contribution >= 0.6 is 0 Å². The Morgan fingerprint density at radius 2 is 1.90 bits per heavy atom. The summed E-state index contributed by atoms with van der Waals surface area (Å²) in [6, 6.07) is 4.76. The molecule has 0 amide bonds. The summed E-state index contributed by atoms with van der Waals surface area (Å²) >= 11 is 0. The lowest BCUT2D eigenvalue weighted by atomic mass is 9.90. The lowest BCUT2D eigenvalue weighted by Gasteiger charge is -2.23. The molecular weight excluding hydrogens is 260 g/mol. The monoisotopic (exact) mass is 280 g/mol. The van der Waals surface area contributed by atoms with Crippen molar-refractivity contribution >= 4 is 11.9 Å². The molecule has 110 valence electrons. The highest BCUT2D eigenvalue weighted by atomic mass is 16.4. The van der Waals surface area contributed by atoms with Crippen LogP contribution in [-0.4, -0.2) is 45.6 Å². The average molecular weight is 280 g/mol. The maximum absolute atomic E-state index is 9.10. The second kappa shape index (κ2) is 7.00. The first kappa shape index (κ1) is 16.1. The number of aromatic nitrogens is 1. The van der Waals surface area contributed by atoms with Crippen LogP contribution in [0.4, 0.5) is 0 Å². The number of carboxylic acid groups (broad SMARTS) is 2. The summed E-state index contributed by atoms with van der Waals surface area (Å²) in [5, 5.41) is 14.8. The lowest BCUT2D eigenvalue weighted by Crippen LogP contribution is -2.20. The zero-order valence-corrected chi connectivity index (χ0v) is 11.9. The van der Waals surface area contributed by atoms with Crippen LogP contribution in [0.2, 0.25) is 0 Å². The van der Waals surface area contributed by atoms with E-state index in [4.69, 9.17) is 19.8 Å². The highest BCUT2D eigenvalue weighted by Gasteiger charge is 2.35. The highest BCUT2D eigenvalue weighted by Crippen LogP contribution is 2.38. The van der Waals surface area contributed by atoms with Crippen molar-refractivity contribution in [2.75, 3.05) is 13.6 Å². The molecule has 1 aliphatic rings. The minimum absolute atomic E-state index is 0.554. The fourth-order valence-electron chi connectivity index (χ4n) is 2.56. The van der Waals surface area contributed by atoms with E-state index < -0.39 is 11.9 Å². The fraction of sp³-hybridized carbons (Fsp3) is 0.500. The van der Waals surface area contributed by atoms with Gasteiger partial charge in [0.2, 0.25) is 0 Å². The molecule has 1 aromatic heterocycles. The fourth-order valence-corrected chi connectivity index (χ4v) is 2.56.